The fourth-order valence-electron chi connectivity index (χ4n) is 1.38. The largest absolute Gasteiger partial charge is 0.463 e. The molecule has 0 radical (unpaired) electrons. The maximum absolute atomic E-state index is 12.5. The summed E-state index contributed by atoms with van der Waals surface area (Å²) in [7, 11) is 0. The van der Waals surface area contributed by atoms with E-state index in [1.807, 2.05) is 13.8 Å². The standard InChI is InChI=1S/C9H12F5NO/c1-7(2)3-5(7)4-15-6(16)8(10,11)9(12,13)14/h5H,3-4H2,1-2H3,(H,15,16). The normalized spacial score (nSPS) is 24.1. The van der Waals surface area contributed by atoms with Gasteiger partial charge >= 0.3 is 12.1 Å². The Kier molecular flexibility index (Phi) is 2.94. The van der Waals surface area contributed by atoms with Gasteiger partial charge in [-0.1, -0.05) is 13.8 Å². The second-order valence-corrected chi connectivity index (χ2v) is 4.67. The van der Waals surface area contributed by atoms with Crippen LogP contribution in [0.1, 0.15) is 20.3 Å². The zero-order chi connectivity index (χ0) is 12.8. The van der Waals surface area contributed by atoms with Gasteiger partial charge in [0.25, 0.3) is 5.91 Å². The Morgan fingerprint density at radius 2 is 1.75 bits per heavy atom. The Bertz CT molecular complexity index is 297. The van der Waals surface area contributed by atoms with E-state index < -0.39 is 18.0 Å². The summed E-state index contributed by atoms with van der Waals surface area (Å²) in [5.74, 6) is -7.62. The lowest BCUT2D eigenvalue weighted by molar-refractivity contribution is -0.269. The van der Waals surface area contributed by atoms with Crippen LogP contribution in [-0.4, -0.2) is 24.6 Å². The highest BCUT2D eigenvalue weighted by molar-refractivity contribution is 5.84. The summed E-state index contributed by atoms with van der Waals surface area (Å²) in [6.45, 7) is 3.56. The van der Waals surface area contributed by atoms with Crippen molar-refractivity contribution >= 4 is 5.91 Å². The van der Waals surface area contributed by atoms with E-state index >= 15 is 0 Å². The molecule has 0 heterocycles. The first-order valence-electron chi connectivity index (χ1n) is 4.71. The SMILES string of the molecule is CC1(C)CC1CNC(=O)C(F)(F)C(F)(F)F. The molecule has 7 heteroatoms. The van der Waals surface area contributed by atoms with Crippen LogP contribution in [0.5, 0.6) is 0 Å². The third kappa shape index (κ3) is 2.44. The fourth-order valence-corrected chi connectivity index (χ4v) is 1.38. The summed E-state index contributed by atoms with van der Waals surface area (Å²) in [6.07, 6.45) is -5.12. The summed E-state index contributed by atoms with van der Waals surface area (Å²) in [5.41, 5.74) is -0.0825. The maximum atomic E-state index is 12.5. The van der Waals surface area contributed by atoms with Crippen molar-refractivity contribution in [2.75, 3.05) is 6.54 Å². The zero-order valence-electron chi connectivity index (χ0n) is 8.79. The molecule has 2 nitrogen and oxygen atoms in total. The lowest BCUT2D eigenvalue weighted by atomic mass is 10.1. The van der Waals surface area contributed by atoms with E-state index in [2.05, 4.69) is 0 Å². The second kappa shape index (κ2) is 3.56. The van der Waals surface area contributed by atoms with Crippen molar-refractivity contribution in [3.8, 4) is 0 Å². The molecule has 0 aromatic heterocycles. The Morgan fingerprint density at radius 1 is 1.31 bits per heavy atom. The number of hydrogen-bond donors (Lipinski definition) is 1. The summed E-state index contributed by atoms with van der Waals surface area (Å²) in [4.78, 5) is 10.7. The van der Waals surface area contributed by atoms with Gasteiger partial charge in [-0.3, -0.25) is 4.79 Å². The van der Waals surface area contributed by atoms with Crippen LogP contribution in [0.25, 0.3) is 0 Å². The number of carbonyl (C=O) groups excluding carboxylic acids is 1. The van der Waals surface area contributed by atoms with Gasteiger partial charge in [-0.25, -0.2) is 0 Å². The Morgan fingerprint density at radius 3 is 2.06 bits per heavy atom. The monoisotopic (exact) mass is 245 g/mol. The lowest BCUT2D eigenvalue weighted by Crippen LogP contribution is -2.50. The molecule has 1 fully saturated rings. The van der Waals surface area contributed by atoms with Crippen molar-refractivity contribution < 1.29 is 26.7 Å². The van der Waals surface area contributed by atoms with Crippen molar-refractivity contribution in [3.05, 3.63) is 0 Å². The minimum absolute atomic E-state index is 0.0273. The molecule has 1 saturated carbocycles. The molecular weight excluding hydrogens is 233 g/mol. The van der Waals surface area contributed by atoms with Crippen molar-refractivity contribution in [1.29, 1.82) is 0 Å². The van der Waals surface area contributed by atoms with Gasteiger partial charge in [0, 0.05) is 6.54 Å². The molecule has 94 valence electrons. The molecular formula is C9H12F5NO. The average molecular weight is 245 g/mol. The Balaban J connectivity index is 2.47. The molecule has 1 N–H and O–H groups in total. The fraction of sp³-hybridized carbons (Fsp3) is 0.889. The zero-order valence-corrected chi connectivity index (χ0v) is 8.79. The average Bonchev–Trinajstić information content (AvgIpc) is 2.67. The highest BCUT2D eigenvalue weighted by Crippen LogP contribution is 2.51. The van der Waals surface area contributed by atoms with Crippen molar-refractivity contribution in [3.63, 3.8) is 0 Å². The first-order valence-corrected chi connectivity index (χ1v) is 4.71. The number of carbonyl (C=O) groups is 1. The van der Waals surface area contributed by atoms with Crippen molar-refractivity contribution in [2.45, 2.75) is 32.4 Å². The number of hydrogen-bond acceptors (Lipinski definition) is 1. The molecule has 1 aliphatic rings. The van der Waals surface area contributed by atoms with Crippen molar-refractivity contribution in [2.24, 2.45) is 11.3 Å². The van der Waals surface area contributed by atoms with Gasteiger partial charge in [0.1, 0.15) is 0 Å². The molecule has 0 spiro atoms. The lowest BCUT2D eigenvalue weighted by Gasteiger charge is -2.18. The third-order valence-corrected chi connectivity index (χ3v) is 2.87. The smallest absolute Gasteiger partial charge is 0.350 e. The molecule has 1 rings (SSSR count). The van der Waals surface area contributed by atoms with E-state index in [4.69, 9.17) is 0 Å². The van der Waals surface area contributed by atoms with Gasteiger partial charge in [-0.15, -0.1) is 0 Å². The highest BCUT2D eigenvalue weighted by Gasteiger charge is 2.63. The van der Waals surface area contributed by atoms with E-state index in [1.165, 1.54) is 0 Å². The molecule has 1 aliphatic carbocycles. The number of halogens is 5. The van der Waals surface area contributed by atoms with E-state index in [0.717, 1.165) is 0 Å². The van der Waals surface area contributed by atoms with Gasteiger partial charge in [-0.05, 0) is 17.8 Å². The Hall–Kier alpha value is -0.880. The quantitative estimate of drug-likeness (QED) is 0.760. The molecule has 1 atom stereocenters. The molecule has 0 saturated heterocycles. The Labute approximate surface area is 89.2 Å². The van der Waals surface area contributed by atoms with E-state index in [9.17, 15) is 26.7 Å². The minimum atomic E-state index is -5.84. The summed E-state index contributed by atoms with van der Waals surface area (Å²) in [6, 6.07) is 0. The summed E-state index contributed by atoms with van der Waals surface area (Å²) in [5, 5.41) is 1.64. The van der Waals surface area contributed by atoms with Crippen LogP contribution in [0.15, 0.2) is 0 Å². The first-order chi connectivity index (χ1) is 6.98. The third-order valence-electron chi connectivity index (χ3n) is 2.87. The molecule has 0 bridgehead atoms. The van der Waals surface area contributed by atoms with Crippen LogP contribution in [0.2, 0.25) is 0 Å². The number of rotatable bonds is 3. The summed E-state index contributed by atoms with van der Waals surface area (Å²) >= 11 is 0. The second-order valence-electron chi connectivity index (χ2n) is 4.67. The molecule has 1 unspecified atom stereocenters. The van der Waals surface area contributed by atoms with Crippen LogP contribution < -0.4 is 5.32 Å². The van der Waals surface area contributed by atoms with Crippen LogP contribution >= 0.6 is 0 Å². The predicted octanol–water partition coefficient (Wildman–Crippen LogP) is 2.35. The number of amides is 1. The molecule has 0 aromatic rings. The van der Waals surface area contributed by atoms with E-state index in [1.54, 1.807) is 5.32 Å². The molecule has 16 heavy (non-hydrogen) atoms. The number of alkyl halides is 5. The predicted molar refractivity (Wildman–Crippen MR) is 45.9 cm³/mol. The van der Waals surface area contributed by atoms with E-state index in [-0.39, 0.29) is 17.9 Å². The van der Waals surface area contributed by atoms with Crippen LogP contribution in [0.4, 0.5) is 22.0 Å². The molecule has 1 amide bonds. The molecule has 0 aromatic carbocycles. The van der Waals surface area contributed by atoms with Gasteiger partial charge in [0.15, 0.2) is 0 Å². The van der Waals surface area contributed by atoms with E-state index in [0.29, 0.717) is 6.42 Å². The van der Waals surface area contributed by atoms with Gasteiger partial charge in [-0.2, -0.15) is 22.0 Å². The first kappa shape index (κ1) is 13.2. The van der Waals surface area contributed by atoms with Gasteiger partial charge < -0.3 is 5.32 Å². The van der Waals surface area contributed by atoms with Gasteiger partial charge in [0.05, 0.1) is 0 Å². The summed E-state index contributed by atoms with van der Waals surface area (Å²) < 4.78 is 60.2. The highest BCUT2D eigenvalue weighted by atomic mass is 19.4. The maximum Gasteiger partial charge on any atom is 0.463 e. The van der Waals surface area contributed by atoms with Crippen LogP contribution in [0, 0.1) is 11.3 Å². The van der Waals surface area contributed by atoms with Crippen LogP contribution in [-0.2, 0) is 4.79 Å². The topological polar surface area (TPSA) is 29.1 Å². The van der Waals surface area contributed by atoms with Gasteiger partial charge in [0.2, 0.25) is 0 Å². The molecule has 0 aliphatic heterocycles. The minimum Gasteiger partial charge on any atom is -0.350 e. The van der Waals surface area contributed by atoms with Crippen molar-refractivity contribution in [1.82, 2.24) is 5.32 Å². The number of nitrogens with one attached hydrogen (secondary N) is 1. The van der Waals surface area contributed by atoms with Crippen LogP contribution in [0.3, 0.4) is 0 Å².